The highest BCUT2D eigenvalue weighted by molar-refractivity contribution is 7.16. The Balaban J connectivity index is 1.95. The second-order valence-corrected chi connectivity index (χ2v) is 6.97. The van der Waals surface area contributed by atoms with Crippen molar-refractivity contribution in [3.8, 4) is 17.0 Å². The van der Waals surface area contributed by atoms with Gasteiger partial charge in [0.1, 0.15) is 5.75 Å². The van der Waals surface area contributed by atoms with Gasteiger partial charge in [0.25, 0.3) is 0 Å². The molecule has 0 radical (unpaired) electrons. The third-order valence-electron chi connectivity index (χ3n) is 4.28. The van der Waals surface area contributed by atoms with E-state index in [1.807, 2.05) is 37.3 Å². The molecule has 1 aliphatic heterocycles. The summed E-state index contributed by atoms with van der Waals surface area (Å²) in [5.74, 6) is 0.152. The molecule has 1 atom stereocenters. The van der Waals surface area contributed by atoms with Crippen molar-refractivity contribution in [3.63, 3.8) is 0 Å². The molecule has 0 fully saturated rings. The first-order chi connectivity index (χ1) is 11.8. The summed E-state index contributed by atoms with van der Waals surface area (Å²) < 4.78 is 45.3. The van der Waals surface area contributed by atoms with Crippen LogP contribution in [0.1, 0.15) is 22.9 Å². The summed E-state index contributed by atoms with van der Waals surface area (Å²) in [6.07, 6.45) is -4.44. The van der Waals surface area contributed by atoms with Crippen molar-refractivity contribution >= 4 is 16.5 Å². The van der Waals surface area contributed by atoms with Crippen LogP contribution in [0.4, 0.5) is 18.3 Å². The van der Waals surface area contributed by atoms with E-state index in [2.05, 4.69) is 4.98 Å². The van der Waals surface area contributed by atoms with Gasteiger partial charge in [-0.1, -0.05) is 41.7 Å². The highest BCUT2D eigenvalue weighted by atomic mass is 32.1. The summed E-state index contributed by atoms with van der Waals surface area (Å²) in [4.78, 5) is 5.12. The molecule has 1 aliphatic rings. The Morgan fingerprint density at radius 3 is 2.52 bits per heavy atom. The second-order valence-electron chi connectivity index (χ2n) is 5.94. The summed E-state index contributed by atoms with van der Waals surface area (Å²) in [5.41, 5.74) is 6.09. The van der Waals surface area contributed by atoms with E-state index in [9.17, 15) is 13.2 Å². The van der Waals surface area contributed by atoms with Crippen molar-refractivity contribution in [1.82, 2.24) is 4.98 Å². The number of nitrogen functional groups attached to an aromatic ring is 1. The lowest BCUT2D eigenvalue weighted by molar-refractivity contribution is -0.137. The summed E-state index contributed by atoms with van der Waals surface area (Å²) >= 11 is 1.28. The molecule has 0 aliphatic carbocycles. The molecule has 3 aromatic rings. The Morgan fingerprint density at radius 2 is 1.84 bits per heavy atom. The van der Waals surface area contributed by atoms with Crippen LogP contribution in [0.3, 0.4) is 0 Å². The maximum Gasteiger partial charge on any atom is 0.416 e. The zero-order chi connectivity index (χ0) is 17.8. The van der Waals surface area contributed by atoms with Crippen LogP contribution >= 0.6 is 11.3 Å². The molecule has 4 rings (SSSR count). The number of nitrogens with two attached hydrogens (primary N) is 1. The molecule has 7 heteroatoms. The number of nitrogens with zero attached hydrogens (tertiary/aromatic N) is 1. The average Bonchev–Trinajstić information content (AvgIpc) is 2.97. The molecule has 0 saturated heterocycles. The van der Waals surface area contributed by atoms with E-state index in [1.165, 1.54) is 17.4 Å². The van der Waals surface area contributed by atoms with Crippen LogP contribution in [0, 0.1) is 0 Å². The Labute approximate surface area is 145 Å². The first-order valence-corrected chi connectivity index (χ1v) is 8.33. The van der Waals surface area contributed by atoms with Crippen LogP contribution < -0.4 is 10.5 Å². The fourth-order valence-electron chi connectivity index (χ4n) is 3.03. The molecule has 1 aromatic heterocycles. The number of rotatable bonds is 1. The maximum atomic E-state index is 13.1. The zero-order valence-corrected chi connectivity index (χ0v) is 13.9. The number of ether oxygens (including phenoxy) is 1. The minimum Gasteiger partial charge on any atom is -0.476 e. The van der Waals surface area contributed by atoms with E-state index < -0.39 is 17.3 Å². The number of fused-ring (bicyclic) bond motifs is 3. The van der Waals surface area contributed by atoms with Crippen molar-refractivity contribution in [1.29, 1.82) is 0 Å². The van der Waals surface area contributed by atoms with E-state index >= 15 is 0 Å². The van der Waals surface area contributed by atoms with Crippen molar-refractivity contribution in [2.45, 2.75) is 18.7 Å². The van der Waals surface area contributed by atoms with E-state index in [-0.39, 0.29) is 5.75 Å². The molecule has 2 heterocycles. The lowest BCUT2D eigenvalue weighted by Gasteiger charge is -2.35. The standard InChI is InChI=1S/C18H13F3N2OS/c1-17(10-5-3-2-4-6-10)15-14(23-16(22)25-15)12-8-7-11(18(19,20)21)9-13(12)24-17/h2-9H,1H3,(H2,22,23). The Morgan fingerprint density at radius 1 is 1.12 bits per heavy atom. The third kappa shape index (κ3) is 2.46. The minimum atomic E-state index is -4.44. The molecular weight excluding hydrogens is 349 g/mol. The van der Waals surface area contributed by atoms with Gasteiger partial charge in [0, 0.05) is 11.1 Å². The summed E-state index contributed by atoms with van der Waals surface area (Å²) in [5, 5.41) is 0.350. The number of thiazole rings is 1. The molecule has 2 aromatic carbocycles. The Bertz CT molecular complexity index is 953. The fourth-order valence-corrected chi connectivity index (χ4v) is 3.99. The highest BCUT2D eigenvalue weighted by Gasteiger charge is 2.42. The van der Waals surface area contributed by atoms with Crippen LogP contribution in [0.25, 0.3) is 11.3 Å². The van der Waals surface area contributed by atoms with Crippen molar-refractivity contribution in [3.05, 3.63) is 64.5 Å². The van der Waals surface area contributed by atoms with Crippen molar-refractivity contribution in [2.75, 3.05) is 5.73 Å². The molecule has 3 nitrogen and oxygen atoms in total. The van der Waals surface area contributed by atoms with Gasteiger partial charge in [0.05, 0.1) is 16.1 Å². The molecule has 0 saturated carbocycles. The molecule has 128 valence electrons. The van der Waals surface area contributed by atoms with Gasteiger partial charge < -0.3 is 10.5 Å². The van der Waals surface area contributed by atoms with Crippen molar-refractivity contribution < 1.29 is 17.9 Å². The number of benzene rings is 2. The lowest BCUT2D eigenvalue weighted by atomic mass is 9.88. The number of hydrogen-bond acceptors (Lipinski definition) is 4. The van der Waals surface area contributed by atoms with Crippen LogP contribution in [0.15, 0.2) is 48.5 Å². The molecular formula is C18H13F3N2OS. The number of hydrogen-bond donors (Lipinski definition) is 1. The number of halogens is 3. The van der Waals surface area contributed by atoms with Gasteiger partial charge in [0.2, 0.25) is 0 Å². The molecule has 0 bridgehead atoms. The van der Waals surface area contributed by atoms with E-state index in [1.54, 1.807) is 0 Å². The summed E-state index contributed by atoms with van der Waals surface area (Å²) in [7, 11) is 0. The van der Waals surface area contributed by atoms with Gasteiger partial charge in [-0.25, -0.2) is 4.98 Å². The van der Waals surface area contributed by atoms with E-state index in [0.29, 0.717) is 16.4 Å². The smallest absolute Gasteiger partial charge is 0.416 e. The van der Waals surface area contributed by atoms with Crippen LogP contribution in [0.2, 0.25) is 0 Å². The average molecular weight is 362 g/mol. The molecule has 2 N–H and O–H groups in total. The summed E-state index contributed by atoms with van der Waals surface area (Å²) in [6, 6.07) is 12.8. The molecule has 1 unspecified atom stereocenters. The Hall–Kier alpha value is -2.54. The summed E-state index contributed by atoms with van der Waals surface area (Å²) in [6.45, 7) is 1.82. The maximum absolute atomic E-state index is 13.1. The van der Waals surface area contributed by atoms with Gasteiger partial charge in [-0.2, -0.15) is 13.2 Å². The van der Waals surface area contributed by atoms with Crippen LogP contribution in [-0.2, 0) is 11.8 Å². The van der Waals surface area contributed by atoms with Gasteiger partial charge >= 0.3 is 6.18 Å². The highest BCUT2D eigenvalue weighted by Crippen LogP contribution is 2.51. The molecule has 0 amide bonds. The number of alkyl halides is 3. The monoisotopic (exact) mass is 362 g/mol. The van der Waals surface area contributed by atoms with E-state index in [0.717, 1.165) is 22.6 Å². The predicted molar refractivity (Wildman–Crippen MR) is 90.5 cm³/mol. The number of anilines is 1. The largest absolute Gasteiger partial charge is 0.476 e. The first-order valence-electron chi connectivity index (χ1n) is 7.52. The molecule has 25 heavy (non-hydrogen) atoms. The second kappa shape index (κ2) is 5.23. The van der Waals surface area contributed by atoms with Gasteiger partial charge in [-0.05, 0) is 25.1 Å². The van der Waals surface area contributed by atoms with Crippen LogP contribution in [-0.4, -0.2) is 4.98 Å². The van der Waals surface area contributed by atoms with Crippen LogP contribution in [0.5, 0.6) is 5.75 Å². The first kappa shape index (κ1) is 16.0. The van der Waals surface area contributed by atoms with Gasteiger partial charge in [-0.3, -0.25) is 0 Å². The van der Waals surface area contributed by atoms with E-state index in [4.69, 9.17) is 10.5 Å². The normalized spacial score (nSPS) is 19.0. The quantitative estimate of drug-likeness (QED) is 0.658. The number of aromatic nitrogens is 1. The third-order valence-corrected chi connectivity index (χ3v) is 5.37. The minimum absolute atomic E-state index is 0.152. The predicted octanol–water partition coefficient (Wildman–Crippen LogP) is 5.07. The fraction of sp³-hybridized carbons (Fsp3) is 0.167. The zero-order valence-electron chi connectivity index (χ0n) is 13.1. The van der Waals surface area contributed by atoms with Crippen molar-refractivity contribution in [2.24, 2.45) is 0 Å². The topological polar surface area (TPSA) is 48.1 Å². The SMILES string of the molecule is CC1(c2ccccc2)Oc2cc(C(F)(F)F)ccc2-c2nc(N)sc21. The van der Waals surface area contributed by atoms with Gasteiger partial charge in [0.15, 0.2) is 10.7 Å². The lowest BCUT2D eigenvalue weighted by Crippen LogP contribution is -2.33. The van der Waals surface area contributed by atoms with Gasteiger partial charge in [-0.15, -0.1) is 0 Å². The Kier molecular flexibility index (Phi) is 3.34. The molecule has 0 spiro atoms.